The number of benzene rings is 1. The summed E-state index contributed by atoms with van der Waals surface area (Å²) >= 11 is 1.37. The lowest BCUT2D eigenvalue weighted by Gasteiger charge is -1.97. The quantitative estimate of drug-likeness (QED) is 0.383. The third-order valence-electron chi connectivity index (χ3n) is 3.48. The molecule has 0 spiro atoms. The maximum absolute atomic E-state index is 12.1. The Kier molecular flexibility index (Phi) is 4.04. The molecule has 1 aromatic carbocycles. The molecule has 6 heteroatoms. The molecule has 0 aliphatic rings. The number of thiophene rings is 1. The minimum absolute atomic E-state index is 0.0182. The maximum Gasteiger partial charge on any atom is 0.243 e. The van der Waals surface area contributed by atoms with Gasteiger partial charge < -0.3 is 4.98 Å². The monoisotopic (exact) mass is 314 g/mol. The minimum Gasteiger partial charge on any atom is -0.361 e. The van der Waals surface area contributed by atoms with Gasteiger partial charge in [0, 0.05) is 35.5 Å². The molecule has 3 N–H and O–H groups in total. The average molecular weight is 314 g/mol. The number of rotatable bonds is 5. The van der Waals surface area contributed by atoms with Crippen LogP contribution in [0, 0.1) is 0 Å². The molecule has 0 saturated carbocycles. The standard InChI is InChI=1S/C16H14N2O3S/c19-14(5-6-16(20)18-21)15-7-10(9-22-15)12-8-17-13-4-2-1-3-11(12)13/h1-4,7-9,17,21H,5-6H2,(H,18,20). The van der Waals surface area contributed by atoms with Crippen molar-refractivity contribution < 1.29 is 14.8 Å². The van der Waals surface area contributed by atoms with Gasteiger partial charge in [0.1, 0.15) is 0 Å². The Morgan fingerprint density at radius 2 is 2.05 bits per heavy atom. The number of H-pyrrole nitrogens is 1. The molecule has 112 valence electrons. The van der Waals surface area contributed by atoms with Gasteiger partial charge in [-0.25, -0.2) is 5.48 Å². The van der Waals surface area contributed by atoms with Crippen molar-refractivity contribution in [3.8, 4) is 11.1 Å². The summed E-state index contributed by atoms with van der Waals surface area (Å²) in [5.74, 6) is -0.651. The second-order valence-electron chi connectivity index (χ2n) is 4.91. The predicted molar refractivity (Wildman–Crippen MR) is 85.1 cm³/mol. The fourth-order valence-corrected chi connectivity index (χ4v) is 3.22. The smallest absolute Gasteiger partial charge is 0.243 e. The van der Waals surface area contributed by atoms with Crippen LogP contribution in [0.5, 0.6) is 0 Å². The van der Waals surface area contributed by atoms with Crippen molar-refractivity contribution in [1.29, 1.82) is 0 Å². The summed E-state index contributed by atoms with van der Waals surface area (Å²) in [4.78, 5) is 26.9. The normalized spacial score (nSPS) is 10.8. The van der Waals surface area contributed by atoms with Gasteiger partial charge in [-0.3, -0.25) is 14.8 Å². The van der Waals surface area contributed by atoms with Crippen molar-refractivity contribution in [3.63, 3.8) is 0 Å². The van der Waals surface area contributed by atoms with Crippen molar-refractivity contribution in [2.45, 2.75) is 12.8 Å². The SMILES string of the molecule is O=C(CCC(=O)c1cc(-c2c[nH]c3ccccc23)cs1)NO. The van der Waals surface area contributed by atoms with Crippen molar-refractivity contribution in [1.82, 2.24) is 10.5 Å². The highest BCUT2D eigenvalue weighted by molar-refractivity contribution is 7.12. The Morgan fingerprint density at radius 3 is 2.86 bits per heavy atom. The van der Waals surface area contributed by atoms with E-state index in [1.165, 1.54) is 16.8 Å². The zero-order valence-corrected chi connectivity index (χ0v) is 12.4. The second kappa shape index (κ2) is 6.13. The Bertz CT molecular complexity index is 835. The highest BCUT2D eigenvalue weighted by Crippen LogP contribution is 2.32. The van der Waals surface area contributed by atoms with Crippen molar-refractivity contribution in [2.75, 3.05) is 0 Å². The molecular formula is C16H14N2O3S. The number of carbonyl (C=O) groups is 2. The number of para-hydroxylation sites is 1. The zero-order valence-electron chi connectivity index (χ0n) is 11.6. The number of aromatic nitrogens is 1. The molecule has 0 bridgehead atoms. The summed E-state index contributed by atoms with van der Waals surface area (Å²) in [6, 6.07) is 9.83. The number of hydroxylamine groups is 1. The number of hydrogen-bond donors (Lipinski definition) is 3. The number of Topliss-reactive ketones (excluding diaryl/α,β-unsaturated/α-hetero) is 1. The minimum atomic E-state index is -0.554. The molecule has 0 fully saturated rings. The number of hydrogen-bond acceptors (Lipinski definition) is 4. The Morgan fingerprint density at radius 1 is 1.23 bits per heavy atom. The Hall–Kier alpha value is -2.44. The van der Waals surface area contributed by atoms with E-state index in [2.05, 4.69) is 4.98 Å². The van der Waals surface area contributed by atoms with Crippen LogP contribution in [-0.4, -0.2) is 21.9 Å². The molecule has 0 unspecified atom stereocenters. The van der Waals surface area contributed by atoms with Gasteiger partial charge in [-0.1, -0.05) is 18.2 Å². The molecule has 3 rings (SSSR count). The summed E-state index contributed by atoms with van der Waals surface area (Å²) in [6.07, 6.45) is 2.00. The van der Waals surface area contributed by atoms with E-state index in [-0.39, 0.29) is 18.6 Å². The van der Waals surface area contributed by atoms with Crippen molar-refractivity contribution in [2.24, 2.45) is 0 Å². The molecule has 0 atom stereocenters. The molecule has 22 heavy (non-hydrogen) atoms. The van der Waals surface area contributed by atoms with Gasteiger partial charge in [0.25, 0.3) is 0 Å². The van der Waals surface area contributed by atoms with Crippen LogP contribution in [0.2, 0.25) is 0 Å². The van der Waals surface area contributed by atoms with Crippen LogP contribution in [0.4, 0.5) is 0 Å². The van der Waals surface area contributed by atoms with Gasteiger partial charge in [-0.05, 0) is 23.1 Å². The molecule has 0 aliphatic carbocycles. The van der Waals surface area contributed by atoms with E-state index in [0.717, 1.165) is 22.0 Å². The number of fused-ring (bicyclic) bond motifs is 1. The Balaban J connectivity index is 1.82. The van der Waals surface area contributed by atoms with Crippen LogP contribution in [0.15, 0.2) is 41.9 Å². The molecule has 0 aliphatic heterocycles. The Labute approximate surface area is 130 Å². The molecule has 3 aromatic rings. The lowest BCUT2D eigenvalue weighted by Crippen LogP contribution is -2.19. The van der Waals surface area contributed by atoms with Crippen molar-refractivity contribution in [3.05, 3.63) is 46.8 Å². The number of amides is 1. The first-order chi connectivity index (χ1) is 10.7. The summed E-state index contributed by atoms with van der Waals surface area (Å²) in [5.41, 5.74) is 4.62. The summed E-state index contributed by atoms with van der Waals surface area (Å²) < 4.78 is 0. The van der Waals surface area contributed by atoms with E-state index in [9.17, 15) is 9.59 Å². The number of aromatic amines is 1. The van der Waals surface area contributed by atoms with E-state index in [1.54, 1.807) is 0 Å². The highest BCUT2D eigenvalue weighted by Gasteiger charge is 2.13. The predicted octanol–water partition coefficient (Wildman–Crippen LogP) is 3.36. The van der Waals surface area contributed by atoms with Gasteiger partial charge in [-0.15, -0.1) is 11.3 Å². The maximum atomic E-state index is 12.1. The molecule has 2 heterocycles. The average Bonchev–Trinajstić information content (AvgIpc) is 3.18. The van der Waals surface area contributed by atoms with E-state index in [0.29, 0.717) is 4.88 Å². The van der Waals surface area contributed by atoms with Crippen LogP contribution in [-0.2, 0) is 4.79 Å². The van der Waals surface area contributed by atoms with Crippen LogP contribution in [0.3, 0.4) is 0 Å². The molecule has 1 amide bonds. The topological polar surface area (TPSA) is 82.2 Å². The summed E-state index contributed by atoms with van der Waals surface area (Å²) in [7, 11) is 0. The van der Waals surface area contributed by atoms with Gasteiger partial charge in [-0.2, -0.15) is 0 Å². The number of carbonyl (C=O) groups excluding carboxylic acids is 2. The second-order valence-corrected chi connectivity index (χ2v) is 5.82. The van der Waals surface area contributed by atoms with Crippen LogP contribution in [0.1, 0.15) is 22.5 Å². The fourth-order valence-electron chi connectivity index (χ4n) is 2.34. The first-order valence-corrected chi connectivity index (χ1v) is 7.68. The van der Waals surface area contributed by atoms with Gasteiger partial charge in [0.05, 0.1) is 4.88 Å². The summed E-state index contributed by atoms with van der Waals surface area (Å²) in [6.45, 7) is 0. The van der Waals surface area contributed by atoms with Crippen LogP contribution in [0.25, 0.3) is 22.0 Å². The zero-order chi connectivity index (χ0) is 15.5. The highest BCUT2D eigenvalue weighted by atomic mass is 32.1. The molecule has 5 nitrogen and oxygen atoms in total. The van der Waals surface area contributed by atoms with E-state index in [4.69, 9.17) is 5.21 Å². The van der Waals surface area contributed by atoms with E-state index < -0.39 is 5.91 Å². The van der Waals surface area contributed by atoms with E-state index >= 15 is 0 Å². The largest absolute Gasteiger partial charge is 0.361 e. The lowest BCUT2D eigenvalue weighted by atomic mass is 10.1. The van der Waals surface area contributed by atoms with Gasteiger partial charge >= 0.3 is 0 Å². The molecular weight excluding hydrogens is 300 g/mol. The fraction of sp³-hybridized carbons (Fsp3) is 0.125. The van der Waals surface area contributed by atoms with Crippen molar-refractivity contribution >= 4 is 33.9 Å². The molecule has 0 radical (unpaired) electrons. The first kappa shape index (κ1) is 14.5. The van der Waals surface area contributed by atoms with E-state index in [1.807, 2.05) is 41.9 Å². The van der Waals surface area contributed by atoms with Gasteiger partial charge in [0.2, 0.25) is 5.91 Å². The van der Waals surface area contributed by atoms with Gasteiger partial charge in [0.15, 0.2) is 5.78 Å². The molecule has 0 saturated heterocycles. The lowest BCUT2D eigenvalue weighted by molar-refractivity contribution is -0.129. The third-order valence-corrected chi connectivity index (χ3v) is 4.45. The number of ketones is 1. The van der Waals surface area contributed by atoms with Crippen LogP contribution < -0.4 is 5.48 Å². The first-order valence-electron chi connectivity index (χ1n) is 6.80. The molecule has 2 aromatic heterocycles. The summed E-state index contributed by atoms with van der Waals surface area (Å²) in [5, 5.41) is 11.5. The number of nitrogens with one attached hydrogen (secondary N) is 2. The van der Waals surface area contributed by atoms with Crippen LogP contribution >= 0.6 is 11.3 Å². The third kappa shape index (κ3) is 2.79.